The molecule has 0 spiro atoms. The minimum absolute atomic E-state index is 0.00673. The van der Waals surface area contributed by atoms with Crippen LogP contribution in [0.4, 0.5) is 0 Å². The van der Waals surface area contributed by atoms with Crippen molar-refractivity contribution in [3.05, 3.63) is 33.8 Å². The van der Waals surface area contributed by atoms with E-state index in [2.05, 4.69) is 13.8 Å². The Kier molecular flexibility index (Phi) is 6.33. The molecule has 0 saturated heterocycles. The number of hydrogen-bond acceptors (Lipinski definition) is 2. The maximum atomic E-state index is 11.9. The highest BCUT2D eigenvalue weighted by atomic mass is 35.5. The van der Waals surface area contributed by atoms with Gasteiger partial charge in [0, 0.05) is 27.1 Å². The Bertz CT molecular complexity index is 458. The number of Topliss-reactive ketones (excluding diaryl/α,β-unsaturated/α-hetero) is 1. The average molecular weight is 307 g/mol. The standard InChI is InChI=1S/C13H16Cl2O2S/c1-9(2)5-6-18(17)8-13(16)11-7-10(14)3-4-12(11)15/h3-4,7,9H,5-6,8H2,1-2H3. The van der Waals surface area contributed by atoms with Crippen LogP contribution in [0, 0.1) is 5.92 Å². The van der Waals surface area contributed by atoms with Crippen LogP contribution in [0.5, 0.6) is 0 Å². The molecule has 1 unspecified atom stereocenters. The zero-order valence-corrected chi connectivity index (χ0v) is 12.7. The molecule has 2 nitrogen and oxygen atoms in total. The van der Waals surface area contributed by atoms with E-state index in [4.69, 9.17) is 23.2 Å². The van der Waals surface area contributed by atoms with E-state index in [1.807, 2.05) is 0 Å². The van der Waals surface area contributed by atoms with Gasteiger partial charge in [0.05, 0.1) is 10.8 Å². The fourth-order valence-electron chi connectivity index (χ4n) is 1.37. The van der Waals surface area contributed by atoms with Crippen LogP contribution in [-0.2, 0) is 10.8 Å². The summed E-state index contributed by atoms with van der Waals surface area (Å²) >= 11 is 11.7. The van der Waals surface area contributed by atoms with Gasteiger partial charge in [0.2, 0.25) is 0 Å². The largest absolute Gasteiger partial charge is 0.293 e. The number of ketones is 1. The smallest absolute Gasteiger partial charge is 0.176 e. The number of carbonyl (C=O) groups excluding carboxylic acids is 1. The Morgan fingerprint density at radius 2 is 2.00 bits per heavy atom. The molecule has 18 heavy (non-hydrogen) atoms. The first-order chi connectivity index (χ1) is 8.40. The lowest BCUT2D eigenvalue weighted by Gasteiger charge is -2.06. The third-order valence-corrected chi connectivity index (χ3v) is 4.28. The predicted molar refractivity (Wildman–Crippen MR) is 78.1 cm³/mol. The number of rotatable bonds is 6. The Balaban J connectivity index is 2.65. The highest BCUT2D eigenvalue weighted by Crippen LogP contribution is 2.21. The van der Waals surface area contributed by atoms with Gasteiger partial charge in [-0.2, -0.15) is 0 Å². The molecule has 0 aliphatic heterocycles. The summed E-state index contributed by atoms with van der Waals surface area (Å²) < 4.78 is 11.7. The van der Waals surface area contributed by atoms with Crippen LogP contribution >= 0.6 is 23.2 Å². The van der Waals surface area contributed by atoms with Crippen molar-refractivity contribution in [2.24, 2.45) is 5.92 Å². The van der Waals surface area contributed by atoms with Gasteiger partial charge in [-0.05, 0) is 30.5 Å². The summed E-state index contributed by atoms with van der Waals surface area (Å²) in [6.45, 7) is 4.12. The third kappa shape index (κ3) is 5.09. The lowest BCUT2D eigenvalue weighted by Crippen LogP contribution is -2.14. The van der Waals surface area contributed by atoms with Crippen molar-refractivity contribution in [1.82, 2.24) is 0 Å². The molecule has 1 aromatic carbocycles. The molecular formula is C13H16Cl2O2S. The molecule has 1 aromatic rings. The molecule has 0 amide bonds. The van der Waals surface area contributed by atoms with Crippen LogP contribution in [0.1, 0.15) is 30.6 Å². The van der Waals surface area contributed by atoms with E-state index in [1.165, 1.54) is 6.07 Å². The lowest BCUT2D eigenvalue weighted by atomic mass is 10.1. The lowest BCUT2D eigenvalue weighted by molar-refractivity contribution is 0.102. The molecule has 1 atom stereocenters. The van der Waals surface area contributed by atoms with Gasteiger partial charge in [-0.1, -0.05) is 37.0 Å². The van der Waals surface area contributed by atoms with Gasteiger partial charge in [-0.25, -0.2) is 0 Å². The number of halogens is 2. The summed E-state index contributed by atoms with van der Waals surface area (Å²) in [6, 6.07) is 4.72. The summed E-state index contributed by atoms with van der Waals surface area (Å²) in [5.74, 6) is 0.817. The second kappa shape index (κ2) is 7.27. The van der Waals surface area contributed by atoms with Crippen LogP contribution in [-0.4, -0.2) is 21.5 Å². The molecule has 0 saturated carbocycles. The zero-order valence-electron chi connectivity index (χ0n) is 10.4. The topological polar surface area (TPSA) is 34.1 Å². The van der Waals surface area contributed by atoms with Crippen molar-refractivity contribution >= 4 is 39.8 Å². The van der Waals surface area contributed by atoms with Gasteiger partial charge >= 0.3 is 0 Å². The van der Waals surface area contributed by atoms with Crippen molar-refractivity contribution in [3.63, 3.8) is 0 Å². The molecule has 100 valence electrons. The fraction of sp³-hybridized carbons (Fsp3) is 0.462. The molecule has 1 rings (SSSR count). The van der Waals surface area contributed by atoms with E-state index >= 15 is 0 Å². The quantitative estimate of drug-likeness (QED) is 0.745. The summed E-state index contributed by atoms with van der Waals surface area (Å²) in [4.78, 5) is 11.9. The van der Waals surface area contributed by atoms with E-state index < -0.39 is 10.8 Å². The normalized spacial score (nSPS) is 12.7. The maximum absolute atomic E-state index is 11.9. The van der Waals surface area contributed by atoms with Crippen LogP contribution in [0.15, 0.2) is 18.2 Å². The Labute approximate surface area is 120 Å². The summed E-state index contributed by atoms with van der Waals surface area (Å²) in [5.41, 5.74) is 0.349. The van der Waals surface area contributed by atoms with Gasteiger partial charge < -0.3 is 0 Å². The summed E-state index contributed by atoms with van der Waals surface area (Å²) in [6.07, 6.45) is 0.850. The molecule has 0 radical (unpaired) electrons. The van der Waals surface area contributed by atoms with Crippen LogP contribution in [0.2, 0.25) is 10.0 Å². The molecule has 0 N–H and O–H groups in total. The third-order valence-electron chi connectivity index (χ3n) is 2.44. The van der Waals surface area contributed by atoms with Crippen LogP contribution in [0.25, 0.3) is 0 Å². The van der Waals surface area contributed by atoms with Crippen LogP contribution in [0.3, 0.4) is 0 Å². The van der Waals surface area contributed by atoms with Crippen molar-refractivity contribution in [3.8, 4) is 0 Å². The first-order valence-electron chi connectivity index (χ1n) is 5.73. The summed E-state index contributed by atoms with van der Waals surface area (Å²) in [5, 5.41) is 0.806. The van der Waals surface area contributed by atoms with Crippen LogP contribution < -0.4 is 0 Å². The predicted octanol–water partition coefficient (Wildman–Crippen LogP) is 3.97. The van der Waals surface area contributed by atoms with Crippen molar-refractivity contribution in [1.29, 1.82) is 0 Å². The van der Waals surface area contributed by atoms with Crippen molar-refractivity contribution < 1.29 is 9.00 Å². The summed E-state index contributed by atoms with van der Waals surface area (Å²) in [7, 11) is -1.14. The van der Waals surface area contributed by atoms with Crippen molar-refractivity contribution in [2.45, 2.75) is 20.3 Å². The molecule has 0 fully saturated rings. The Hall–Kier alpha value is -0.380. The SMILES string of the molecule is CC(C)CCS(=O)CC(=O)c1cc(Cl)ccc1Cl. The van der Waals surface area contributed by atoms with Gasteiger partial charge in [0.25, 0.3) is 0 Å². The van der Waals surface area contributed by atoms with Gasteiger partial charge in [0.1, 0.15) is 0 Å². The molecule has 0 aromatic heterocycles. The number of carbonyl (C=O) groups is 1. The second-order valence-electron chi connectivity index (χ2n) is 4.52. The van der Waals surface area contributed by atoms with E-state index in [0.29, 0.717) is 27.3 Å². The highest BCUT2D eigenvalue weighted by Gasteiger charge is 2.14. The van der Waals surface area contributed by atoms with Gasteiger partial charge in [0.15, 0.2) is 5.78 Å². The van der Waals surface area contributed by atoms with Gasteiger partial charge in [-0.3, -0.25) is 9.00 Å². The monoisotopic (exact) mass is 306 g/mol. The molecule has 5 heteroatoms. The first kappa shape index (κ1) is 15.7. The first-order valence-corrected chi connectivity index (χ1v) is 7.97. The minimum atomic E-state index is -1.14. The number of benzene rings is 1. The molecule has 0 aliphatic carbocycles. The fourth-order valence-corrected chi connectivity index (χ4v) is 3.10. The average Bonchev–Trinajstić information content (AvgIpc) is 2.29. The molecule has 0 heterocycles. The minimum Gasteiger partial charge on any atom is -0.293 e. The van der Waals surface area contributed by atoms with E-state index in [9.17, 15) is 9.00 Å². The van der Waals surface area contributed by atoms with Gasteiger partial charge in [-0.15, -0.1) is 0 Å². The number of hydrogen-bond donors (Lipinski definition) is 0. The Morgan fingerprint density at radius 3 is 2.61 bits per heavy atom. The van der Waals surface area contributed by atoms with E-state index in [1.54, 1.807) is 12.1 Å². The second-order valence-corrected chi connectivity index (χ2v) is 6.94. The zero-order chi connectivity index (χ0) is 13.7. The Morgan fingerprint density at radius 1 is 1.33 bits per heavy atom. The molecular weight excluding hydrogens is 291 g/mol. The molecule has 0 bridgehead atoms. The van der Waals surface area contributed by atoms with E-state index in [0.717, 1.165) is 6.42 Å². The van der Waals surface area contributed by atoms with E-state index in [-0.39, 0.29) is 11.5 Å². The van der Waals surface area contributed by atoms with Crippen molar-refractivity contribution in [2.75, 3.05) is 11.5 Å². The molecule has 0 aliphatic rings. The maximum Gasteiger partial charge on any atom is 0.176 e. The highest BCUT2D eigenvalue weighted by molar-refractivity contribution is 7.85.